The number of primary sulfonamides is 1. The van der Waals surface area contributed by atoms with E-state index in [1.54, 1.807) is 12.3 Å². The maximum Gasteiger partial charge on any atom is 0.238 e. The van der Waals surface area contributed by atoms with Gasteiger partial charge in [0.05, 0.1) is 4.90 Å². The molecule has 10 heteroatoms. The summed E-state index contributed by atoms with van der Waals surface area (Å²) in [6.45, 7) is 4.03. The molecule has 31 heavy (non-hydrogen) atoms. The summed E-state index contributed by atoms with van der Waals surface area (Å²) < 4.78 is 22.5. The van der Waals surface area contributed by atoms with Crippen molar-refractivity contribution in [1.29, 1.82) is 0 Å². The zero-order valence-corrected chi connectivity index (χ0v) is 18.2. The van der Waals surface area contributed by atoms with Gasteiger partial charge in [-0.25, -0.2) is 18.5 Å². The van der Waals surface area contributed by atoms with Crippen molar-refractivity contribution in [2.24, 2.45) is 11.1 Å². The first-order valence-electron chi connectivity index (χ1n) is 10.1. The number of carbonyl (C=O) groups excluding carboxylic acids is 2. The highest BCUT2D eigenvalue weighted by Gasteiger charge is 2.25. The number of carbonyl (C=O) groups is 2. The summed E-state index contributed by atoms with van der Waals surface area (Å²) >= 11 is 0. The lowest BCUT2D eigenvalue weighted by atomic mass is 9.96. The number of likely N-dealkylation sites (tertiary alicyclic amines) is 1. The molecule has 0 aliphatic carbocycles. The highest BCUT2D eigenvalue weighted by atomic mass is 32.2. The third kappa shape index (κ3) is 6.84. The van der Waals surface area contributed by atoms with Gasteiger partial charge in [-0.15, -0.1) is 0 Å². The second-order valence-electron chi connectivity index (χ2n) is 7.69. The Morgan fingerprint density at radius 2 is 1.77 bits per heavy atom. The average molecular weight is 446 g/mol. The number of aryl methyl sites for hydroxylation is 1. The van der Waals surface area contributed by atoms with Crippen molar-refractivity contribution < 1.29 is 18.0 Å². The molecular weight excluding hydrogens is 418 g/mol. The fraction of sp³-hybridized carbons (Fsp3) is 0.381. The lowest BCUT2D eigenvalue weighted by molar-refractivity contribution is -0.121. The van der Waals surface area contributed by atoms with Crippen LogP contribution in [0.3, 0.4) is 0 Å². The monoisotopic (exact) mass is 445 g/mol. The van der Waals surface area contributed by atoms with Crippen LogP contribution >= 0.6 is 0 Å². The molecule has 2 aromatic rings. The topological polar surface area (TPSA) is 134 Å². The van der Waals surface area contributed by atoms with Crippen LogP contribution in [0.4, 0.5) is 11.5 Å². The number of nitrogens with two attached hydrogens (primary N) is 1. The molecule has 2 heterocycles. The lowest BCUT2D eigenvalue weighted by Crippen LogP contribution is -2.39. The number of hydrogen-bond acceptors (Lipinski definition) is 6. The van der Waals surface area contributed by atoms with E-state index in [2.05, 4.69) is 20.5 Å². The van der Waals surface area contributed by atoms with Crippen LogP contribution in [0.2, 0.25) is 0 Å². The van der Waals surface area contributed by atoms with Gasteiger partial charge in [-0.1, -0.05) is 6.07 Å². The number of hydrogen-bond donors (Lipinski definition) is 3. The summed E-state index contributed by atoms with van der Waals surface area (Å²) in [6, 6.07) is 9.42. The van der Waals surface area contributed by atoms with Crippen LogP contribution in [0.1, 0.15) is 24.8 Å². The van der Waals surface area contributed by atoms with Gasteiger partial charge in [-0.2, -0.15) is 0 Å². The van der Waals surface area contributed by atoms with Crippen molar-refractivity contribution >= 4 is 33.3 Å². The zero-order chi connectivity index (χ0) is 22.4. The van der Waals surface area contributed by atoms with E-state index in [0.29, 0.717) is 24.5 Å². The molecule has 1 aliphatic heterocycles. The third-order valence-electron chi connectivity index (χ3n) is 5.24. The number of aromatic nitrogens is 1. The zero-order valence-electron chi connectivity index (χ0n) is 17.4. The molecule has 0 unspecified atom stereocenters. The van der Waals surface area contributed by atoms with Crippen LogP contribution in [-0.2, 0) is 19.6 Å². The van der Waals surface area contributed by atoms with E-state index in [9.17, 15) is 18.0 Å². The van der Waals surface area contributed by atoms with Gasteiger partial charge in [-0.05, 0) is 68.8 Å². The van der Waals surface area contributed by atoms with Crippen LogP contribution in [-0.4, -0.2) is 49.8 Å². The third-order valence-corrected chi connectivity index (χ3v) is 6.17. The van der Waals surface area contributed by atoms with Crippen LogP contribution in [0.15, 0.2) is 47.5 Å². The van der Waals surface area contributed by atoms with Crippen molar-refractivity contribution in [3.05, 3.63) is 48.2 Å². The molecule has 1 aromatic heterocycles. The summed E-state index contributed by atoms with van der Waals surface area (Å²) in [4.78, 5) is 31.0. The predicted molar refractivity (Wildman–Crippen MR) is 118 cm³/mol. The average Bonchev–Trinajstić information content (AvgIpc) is 2.74. The minimum Gasteiger partial charge on any atom is -0.326 e. The highest BCUT2D eigenvalue weighted by molar-refractivity contribution is 7.89. The number of rotatable bonds is 7. The van der Waals surface area contributed by atoms with Crippen LogP contribution < -0.4 is 15.8 Å². The number of anilines is 2. The molecule has 3 rings (SSSR count). The Kier molecular flexibility index (Phi) is 7.37. The Morgan fingerprint density at radius 1 is 1.10 bits per heavy atom. The number of piperidine rings is 1. The molecule has 0 bridgehead atoms. The first-order valence-corrected chi connectivity index (χ1v) is 11.6. The number of sulfonamides is 1. The van der Waals surface area contributed by atoms with Gasteiger partial charge in [0, 0.05) is 30.8 Å². The van der Waals surface area contributed by atoms with E-state index in [-0.39, 0.29) is 22.6 Å². The molecule has 1 aliphatic rings. The molecule has 166 valence electrons. The lowest BCUT2D eigenvalue weighted by Gasteiger charge is -2.31. The molecule has 0 atom stereocenters. The number of nitrogens with one attached hydrogen (secondary N) is 2. The van der Waals surface area contributed by atoms with E-state index in [4.69, 9.17) is 5.14 Å². The minimum atomic E-state index is -3.75. The van der Waals surface area contributed by atoms with E-state index in [1.807, 2.05) is 13.0 Å². The number of pyridine rings is 1. The molecule has 9 nitrogen and oxygen atoms in total. The van der Waals surface area contributed by atoms with E-state index >= 15 is 0 Å². The van der Waals surface area contributed by atoms with Gasteiger partial charge in [0.2, 0.25) is 21.8 Å². The van der Waals surface area contributed by atoms with Crippen molar-refractivity contribution in [3.63, 3.8) is 0 Å². The summed E-state index contributed by atoms with van der Waals surface area (Å²) in [5.41, 5.74) is 1.55. The van der Waals surface area contributed by atoms with E-state index < -0.39 is 10.0 Å². The Balaban J connectivity index is 1.39. The Morgan fingerprint density at radius 3 is 2.35 bits per heavy atom. The Hall–Kier alpha value is -2.82. The van der Waals surface area contributed by atoms with Crippen molar-refractivity contribution in [2.75, 3.05) is 30.3 Å². The molecule has 1 saturated heterocycles. The Bertz CT molecular complexity index is 1010. The fourth-order valence-corrected chi connectivity index (χ4v) is 3.92. The van der Waals surface area contributed by atoms with E-state index in [1.165, 1.54) is 24.3 Å². The number of benzene rings is 1. The molecular formula is C21H27N5O4S. The summed E-state index contributed by atoms with van der Waals surface area (Å²) in [5.74, 6) is 0.322. The molecule has 0 radical (unpaired) electrons. The predicted octanol–water partition coefficient (Wildman–Crippen LogP) is 1.72. The molecule has 2 amide bonds. The first-order chi connectivity index (χ1) is 14.7. The second kappa shape index (κ2) is 9.99. The van der Waals surface area contributed by atoms with Crippen LogP contribution in [0.5, 0.6) is 0 Å². The van der Waals surface area contributed by atoms with E-state index in [0.717, 1.165) is 31.5 Å². The van der Waals surface area contributed by atoms with Gasteiger partial charge in [0.25, 0.3) is 0 Å². The van der Waals surface area contributed by atoms with Crippen LogP contribution in [0, 0.1) is 12.8 Å². The van der Waals surface area contributed by atoms with Gasteiger partial charge in [-0.3, -0.25) is 9.59 Å². The summed E-state index contributed by atoms with van der Waals surface area (Å²) in [6.07, 6.45) is 3.49. The number of nitrogens with zero attached hydrogens (tertiary/aromatic N) is 2. The van der Waals surface area contributed by atoms with Gasteiger partial charge < -0.3 is 15.5 Å². The quantitative estimate of drug-likeness (QED) is 0.594. The maximum atomic E-state index is 12.4. The Labute approximate surface area is 182 Å². The smallest absolute Gasteiger partial charge is 0.238 e. The summed E-state index contributed by atoms with van der Waals surface area (Å²) in [5, 5.41) is 10.7. The van der Waals surface area contributed by atoms with Gasteiger partial charge in [0.15, 0.2) is 0 Å². The minimum absolute atomic E-state index is 0.00411. The van der Waals surface area contributed by atoms with Gasteiger partial charge in [0.1, 0.15) is 5.82 Å². The largest absolute Gasteiger partial charge is 0.326 e. The highest BCUT2D eigenvalue weighted by Crippen LogP contribution is 2.19. The molecule has 0 spiro atoms. The normalized spacial score (nSPS) is 15.4. The van der Waals surface area contributed by atoms with Crippen molar-refractivity contribution in [3.8, 4) is 0 Å². The molecule has 1 fully saturated rings. The molecule has 4 N–H and O–H groups in total. The first kappa shape index (κ1) is 22.9. The van der Waals surface area contributed by atoms with Crippen molar-refractivity contribution in [2.45, 2.75) is 31.1 Å². The molecule has 1 aromatic carbocycles. The summed E-state index contributed by atoms with van der Waals surface area (Å²) in [7, 11) is -3.75. The maximum absolute atomic E-state index is 12.4. The fourth-order valence-electron chi connectivity index (χ4n) is 3.40. The molecule has 0 saturated carbocycles. The van der Waals surface area contributed by atoms with Crippen molar-refractivity contribution in [1.82, 2.24) is 9.88 Å². The second-order valence-corrected chi connectivity index (χ2v) is 9.25. The number of amides is 2. The van der Waals surface area contributed by atoms with Gasteiger partial charge >= 0.3 is 0 Å². The van der Waals surface area contributed by atoms with Crippen LogP contribution in [0.25, 0.3) is 0 Å². The SMILES string of the molecule is Cc1ccc(NC(=O)C2CCN(CCC(=O)Nc3ccc(S(N)(=O)=O)cc3)CC2)nc1. The standard InChI is InChI=1S/C21H27N5O4S/c1-15-2-7-19(23-14-15)25-21(28)16-8-11-26(12-9-16)13-10-20(27)24-17-3-5-18(6-4-17)31(22,29)30/h2-7,14,16H,8-13H2,1H3,(H,24,27)(H2,22,29,30)(H,23,25,28).